The molecule has 0 spiro atoms. The number of aryl methyl sites for hydroxylation is 1. The molecule has 20 heavy (non-hydrogen) atoms. The van der Waals surface area contributed by atoms with E-state index in [1.807, 2.05) is 24.3 Å². The zero-order valence-corrected chi connectivity index (χ0v) is 11.2. The highest BCUT2D eigenvalue weighted by Gasteiger charge is 2.29. The van der Waals surface area contributed by atoms with Gasteiger partial charge >= 0.3 is 0 Å². The first-order chi connectivity index (χ1) is 9.67. The Kier molecular flexibility index (Phi) is 3.10. The quantitative estimate of drug-likeness (QED) is 0.866. The van der Waals surface area contributed by atoms with Gasteiger partial charge in [0, 0.05) is 24.2 Å². The van der Waals surface area contributed by atoms with Gasteiger partial charge in [-0.1, -0.05) is 12.1 Å². The molecular weight excluding hydrogens is 254 g/mol. The first-order valence-electron chi connectivity index (χ1n) is 6.58. The smallest absolute Gasteiger partial charge is 0.227 e. The van der Waals surface area contributed by atoms with Gasteiger partial charge in [0.2, 0.25) is 5.91 Å². The normalized spacial score (nSPS) is 14.1. The Hall–Kier alpha value is -2.43. The first-order valence-corrected chi connectivity index (χ1v) is 6.58. The van der Waals surface area contributed by atoms with Gasteiger partial charge in [0.15, 0.2) is 6.29 Å². The molecule has 0 unspecified atom stereocenters. The van der Waals surface area contributed by atoms with Crippen LogP contribution in [-0.4, -0.2) is 22.0 Å². The van der Waals surface area contributed by atoms with Crippen molar-refractivity contribution in [1.29, 1.82) is 0 Å². The second kappa shape index (κ2) is 4.92. The molecule has 1 aromatic carbocycles. The summed E-state index contributed by atoms with van der Waals surface area (Å²) in [4.78, 5) is 22.5. The second-order valence-corrected chi connectivity index (χ2v) is 5.04. The Morgan fingerprint density at radius 3 is 2.60 bits per heavy atom. The third-order valence-electron chi connectivity index (χ3n) is 3.43. The number of amides is 1. The maximum Gasteiger partial charge on any atom is 0.227 e. The lowest BCUT2D eigenvalue weighted by atomic mass is 10.1. The average Bonchev–Trinajstić information content (AvgIpc) is 3.23. The molecule has 0 saturated heterocycles. The number of anilines is 1. The van der Waals surface area contributed by atoms with E-state index in [-0.39, 0.29) is 11.8 Å². The molecule has 1 N–H and O–H groups in total. The molecule has 1 fully saturated rings. The van der Waals surface area contributed by atoms with Crippen LogP contribution < -0.4 is 5.32 Å². The minimum atomic E-state index is 0.0961. The number of rotatable bonds is 4. The molecule has 0 atom stereocenters. The SMILES string of the molecule is Cn1nc(-c2ccc(NC(=O)C3CC3)cc2)cc1C=O. The molecule has 1 amide bonds. The summed E-state index contributed by atoms with van der Waals surface area (Å²) in [6.07, 6.45) is 2.76. The van der Waals surface area contributed by atoms with Crippen molar-refractivity contribution in [2.45, 2.75) is 12.8 Å². The average molecular weight is 269 g/mol. The zero-order chi connectivity index (χ0) is 14.1. The van der Waals surface area contributed by atoms with Crippen LogP contribution in [0.3, 0.4) is 0 Å². The molecule has 1 heterocycles. The van der Waals surface area contributed by atoms with Crippen molar-refractivity contribution in [2.24, 2.45) is 13.0 Å². The van der Waals surface area contributed by atoms with E-state index in [0.717, 1.165) is 36.1 Å². The van der Waals surface area contributed by atoms with Crippen LogP contribution in [0.1, 0.15) is 23.3 Å². The molecule has 0 aliphatic heterocycles. The molecule has 0 radical (unpaired) electrons. The summed E-state index contributed by atoms with van der Waals surface area (Å²) in [5, 5.41) is 7.17. The van der Waals surface area contributed by atoms with Crippen LogP contribution in [0.2, 0.25) is 0 Å². The van der Waals surface area contributed by atoms with Crippen molar-refractivity contribution in [2.75, 3.05) is 5.32 Å². The van der Waals surface area contributed by atoms with Gasteiger partial charge in [0.1, 0.15) is 5.69 Å². The summed E-state index contributed by atoms with van der Waals surface area (Å²) >= 11 is 0. The number of carbonyl (C=O) groups is 2. The number of hydrogen-bond donors (Lipinski definition) is 1. The van der Waals surface area contributed by atoms with E-state index in [4.69, 9.17) is 0 Å². The zero-order valence-electron chi connectivity index (χ0n) is 11.2. The third-order valence-corrected chi connectivity index (χ3v) is 3.43. The molecule has 3 rings (SSSR count). The number of hydrogen-bond acceptors (Lipinski definition) is 3. The Morgan fingerprint density at radius 2 is 2.05 bits per heavy atom. The highest BCUT2D eigenvalue weighted by Crippen LogP contribution is 2.30. The van der Waals surface area contributed by atoms with Gasteiger partial charge in [0.05, 0.1) is 5.69 Å². The fourth-order valence-corrected chi connectivity index (χ4v) is 2.05. The summed E-state index contributed by atoms with van der Waals surface area (Å²) in [6.45, 7) is 0. The van der Waals surface area contributed by atoms with Crippen molar-refractivity contribution in [3.05, 3.63) is 36.0 Å². The molecule has 2 aromatic rings. The Bertz CT molecular complexity index is 654. The molecule has 1 aliphatic rings. The molecular formula is C15H15N3O2. The van der Waals surface area contributed by atoms with Crippen molar-refractivity contribution in [3.8, 4) is 11.3 Å². The minimum Gasteiger partial charge on any atom is -0.326 e. The third kappa shape index (κ3) is 2.47. The van der Waals surface area contributed by atoms with E-state index in [9.17, 15) is 9.59 Å². The monoisotopic (exact) mass is 269 g/mol. The summed E-state index contributed by atoms with van der Waals surface area (Å²) in [5.74, 6) is 0.291. The van der Waals surface area contributed by atoms with E-state index in [1.54, 1.807) is 17.8 Å². The lowest BCUT2D eigenvalue weighted by Crippen LogP contribution is -2.12. The van der Waals surface area contributed by atoms with Crippen LogP contribution >= 0.6 is 0 Å². The molecule has 1 aliphatic carbocycles. The molecule has 0 bridgehead atoms. The molecule has 5 heteroatoms. The van der Waals surface area contributed by atoms with Crippen LogP contribution in [0.5, 0.6) is 0 Å². The van der Waals surface area contributed by atoms with E-state index in [2.05, 4.69) is 10.4 Å². The van der Waals surface area contributed by atoms with Gasteiger partial charge < -0.3 is 5.32 Å². The van der Waals surface area contributed by atoms with Crippen LogP contribution in [-0.2, 0) is 11.8 Å². The predicted octanol–water partition coefficient (Wildman–Crippen LogP) is 2.25. The summed E-state index contributed by atoms with van der Waals surface area (Å²) < 4.78 is 1.55. The Morgan fingerprint density at radius 1 is 1.35 bits per heavy atom. The van der Waals surface area contributed by atoms with Crippen molar-refractivity contribution in [3.63, 3.8) is 0 Å². The van der Waals surface area contributed by atoms with E-state index < -0.39 is 0 Å². The van der Waals surface area contributed by atoms with Gasteiger partial charge in [-0.2, -0.15) is 5.10 Å². The second-order valence-electron chi connectivity index (χ2n) is 5.04. The molecule has 102 valence electrons. The maximum absolute atomic E-state index is 11.7. The van der Waals surface area contributed by atoms with E-state index in [0.29, 0.717) is 5.69 Å². The summed E-state index contributed by atoms with van der Waals surface area (Å²) in [7, 11) is 1.73. The van der Waals surface area contributed by atoms with Crippen molar-refractivity contribution in [1.82, 2.24) is 9.78 Å². The number of benzene rings is 1. The minimum absolute atomic E-state index is 0.0961. The number of aromatic nitrogens is 2. The Balaban J connectivity index is 1.77. The van der Waals surface area contributed by atoms with Crippen LogP contribution in [0.25, 0.3) is 11.3 Å². The summed E-state index contributed by atoms with van der Waals surface area (Å²) in [5.41, 5.74) is 2.98. The Labute approximate surface area is 116 Å². The standard InChI is InChI=1S/C15H15N3O2/c1-18-13(9-19)8-14(17-18)10-4-6-12(7-5-10)16-15(20)11-2-3-11/h4-9,11H,2-3H2,1H3,(H,16,20). The molecule has 5 nitrogen and oxygen atoms in total. The van der Waals surface area contributed by atoms with Crippen LogP contribution in [0.4, 0.5) is 5.69 Å². The topological polar surface area (TPSA) is 64.0 Å². The van der Waals surface area contributed by atoms with Gasteiger partial charge in [-0.3, -0.25) is 14.3 Å². The van der Waals surface area contributed by atoms with Crippen LogP contribution in [0, 0.1) is 5.92 Å². The number of aldehydes is 1. The fourth-order valence-electron chi connectivity index (χ4n) is 2.05. The van der Waals surface area contributed by atoms with Gasteiger partial charge in [-0.15, -0.1) is 0 Å². The van der Waals surface area contributed by atoms with E-state index in [1.165, 1.54) is 0 Å². The fraction of sp³-hybridized carbons (Fsp3) is 0.267. The largest absolute Gasteiger partial charge is 0.326 e. The summed E-state index contributed by atoms with van der Waals surface area (Å²) in [6, 6.07) is 9.22. The van der Waals surface area contributed by atoms with Crippen LogP contribution in [0.15, 0.2) is 30.3 Å². The number of nitrogens with one attached hydrogen (secondary N) is 1. The lowest BCUT2D eigenvalue weighted by Gasteiger charge is -2.04. The number of carbonyl (C=O) groups excluding carboxylic acids is 2. The molecule has 1 aromatic heterocycles. The number of nitrogens with zero attached hydrogens (tertiary/aromatic N) is 2. The van der Waals surface area contributed by atoms with Gasteiger partial charge in [-0.25, -0.2) is 0 Å². The van der Waals surface area contributed by atoms with Crippen molar-refractivity contribution >= 4 is 17.9 Å². The van der Waals surface area contributed by atoms with Gasteiger partial charge in [-0.05, 0) is 31.0 Å². The van der Waals surface area contributed by atoms with E-state index >= 15 is 0 Å². The molecule has 1 saturated carbocycles. The predicted molar refractivity (Wildman–Crippen MR) is 75.4 cm³/mol. The maximum atomic E-state index is 11.7. The highest BCUT2D eigenvalue weighted by atomic mass is 16.2. The first kappa shape index (κ1) is 12.6. The highest BCUT2D eigenvalue weighted by molar-refractivity contribution is 5.94. The lowest BCUT2D eigenvalue weighted by molar-refractivity contribution is -0.117. The van der Waals surface area contributed by atoms with Crippen molar-refractivity contribution < 1.29 is 9.59 Å². The van der Waals surface area contributed by atoms with Gasteiger partial charge in [0.25, 0.3) is 0 Å².